The Morgan fingerprint density at radius 3 is 2.39 bits per heavy atom. The molecule has 0 aliphatic heterocycles. The summed E-state index contributed by atoms with van der Waals surface area (Å²) in [5.41, 5.74) is 8.79. The number of pyridine rings is 1. The van der Waals surface area contributed by atoms with Gasteiger partial charge in [0.25, 0.3) is 0 Å². The number of hydrogen-bond acceptors (Lipinski definition) is 3. The van der Waals surface area contributed by atoms with Crippen LogP contribution in [0.25, 0.3) is 44.4 Å². The van der Waals surface area contributed by atoms with E-state index in [-0.39, 0.29) is 20.4 Å². The van der Waals surface area contributed by atoms with Crippen LogP contribution in [-0.4, -0.2) is 19.3 Å². The van der Waals surface area contributed by atoms with Crippen LogP contribution < -0.4 is 4.74 Å². The second-order valence-corrected chi connectivity index (χ2v) is 12.0. The van der Waals surface area contributed by atoms with Crippen molar-refractivity contribution in [2.75, 3.05) is 0 Å². The van der Waals surface area contributed by atoms with Crippen LogP contribution >= 0.6 is 0 Å². The zero-order valence-electron chi connectivity index (χ0n) is 26.5. The Bertz CT molecular complexity index is 2130. The third kappa shape index (κ3) is 6.04. The van der Waals surface area contributed by atoms with Gasteiger partial charge in [0, 0.05) is 28.8 Å². The second kappa shape index (κ2) is 13.5. The quantitative estimate of drug-likeness (QED) is 0.112. The number of fused-ring (bicyclic) bond motifs is 3. The molecular formula is C40H36N4OPd. The Morgan fingerprint density at radius 1 is 0.826 bits per heavy atom. The molecule has 0 amide bonds. The van der Waals surface area contributed by atoms with Crippen molar-refractivity contribution in [1.29, 1.82) is 0 Å². The van der Waals surface area contributed by atoms with E-state index in [9.17, 15) is 0 Å². The maximum atomic E-state index is 6.46. The zero-order valence-corrected chi connectivity index (χ0v) is 28.1. The number of hydrogen-bond donors (Lipinski definition) is 0. The molecule has 232 valence electrons. The molecule has 0 spiro atoms. The second-order valence-electron chi connectivity index (χ2n) is 12.0. The monoisotopic (exact) mass is 694 g/mol. The van der Waals surface area contributed by atoms with Crippen molar-refractivity contribution < 1.29 is 25.2 Å². The first-order valence-electron chi connectivity index (χ1n) is 15.8. The van der Waals surface area contributed by atoms with Crippen LogP contribution in [-0.2, 0) is 33.3 Å². The van der Waals surface area contributed by atoms with Crippen LogP contribution in [0.1, 0.15) is 44.1 Å². The van der Waals surface area contributed by atoms with Gasteiger partial charge < -0.3 is 9.30 Å². The van der Waals surface area contributed by atoms with Crippen LogP contribution in [0.5, 0.6) is 11.5 Å². The number of aryl methyl sites for hydroxylation is 2. The van der Waals surface area contributed by atoms with Crippen LogP contribution in [0, 0.1) is 25.0 Å². The maximum Gasteiger partial charge on any atom is 2.00 e. The number of aromatic nitrogens is 4. The SMILES string of the molecule is CCCc1nn(-c2[c-]c(Oc3[c-]c4c(cc3)c3ccccc3n4-c3cc(C)ccn3)ccc2)c(CC(C)C)c1-c1ccccc1.[Pd+2]. The van der Waals surface area contributed by atoms with Crippen molar-refractivity contribution in [2.45, 2.75) is 47.0 Å². The van der Waals surface area contributed by atoms with Gasteiger partial charge in [0.1, 0.15) is 5.82 Å². The van der Waals surface area contributed by atoms with Crippen LogP contribution in [0.2, 0.25) is 0 Å². The molecule has 0 radical (unpaired) electrons. The van der Waals surface area contributed by atoms with Gasteiger partial charge in [-0.1, -0.05) is 81.2 Å². The van der Waals surface area contributed by atoms with Crippen molar-refractivity contribution in [3.05, 3.63) is 132 Å². The molecule has 0 aliphatic rings. The normalized spacial score (nSPS) is 11.3. The average molecular weight is 695 g/mol. The van der Waals surface area contributed by atoms with Crippen molar-refractivity contribution in [3.8, 4) is 34.1 Å². The average Bonchev–Trinajstić information content (AvgIpc) is 3.56. The first-order valence-corrected chi connectivity index (χ1v) is 15.8. The van der Waals surface area contributed by atoms with Crippen molar-refractivity contribution in [3.63, 3.8) is 0 Å². The third-order valence-corrected chi connectivity index (χ3v) is 8.09. The maximum absolute atomic E-state index is 6.46. The molecule has 0 saturated heterocycles. The summed E-state index contributed by atoms with van der Waals surface area (Å²) in [5, 5.41) is 7.43. The first kappa shape index (κ1) is 31.5. The zero-order chi connectivity index (χ0) is 30.9. The molecule has 7 rings (SSSR count). The Hall–Kier alpha value is -4.50. The van der Waals surface area contributed by atoms with Gasteiger partial charge in [0.05, 0.1) is 11.4 Å². The summed E-state index contributed by atoms with van der Waals surface area (Å²) in [7, 11) is 0. The largest absolute Gasteiger partial charge is 2.00 e. The molecule has 3 aromatic heterocycles. The fourth-order valence-corrected chi connectivity index (χ4v) is 6.18. The third-order valence-electron chi connectivity index (χ3n) is 8.09. The van der Waals surface area contributed by atoms with Gasteiger partial charge in [-0.05, 0) is 66.1 Å². The van der Waals surface area contributed by atoms with E-state index >= 15 is 0 Å². The van der Waals surface area contributed by atoms with Gasteiger partial charge in [-0.2, -0.15) is 17.2 Å². The molecule has 5 nitrogen and oxygen atoms in total. The van der Waals surface area contributed by atoms with Crippen LogP contribution in [0.4, 0.5) is 0 Å². The van der Waals surface area contributed by atoms with Crippen LogP contribution in [0.15, 0.2) is 103 Å². The number of benzene rings is 4. The van der Waals surface area contributed by atoms with Crippen LogP contribution in [0.3, 0.4) is 0 Å². The topological polar surface area (TPSA) is 44.9 Å². The smallest absolute Gasteiger partial charge is 0.509 e. The summed E-state index contributed by atoms with van der Waals surface area (Å²) in [6.45, 7) is 8.80. The van der Waals surface area contributed by atoms with Gasteiger partial charge in [-0.15, -0.1) is 35.7 Å². The molecule has 0 aliphatic carbocycles. The molecule has 0 fully saturated rings. The minimum absolute atomic E-state index is 0. The summed E-state index contributed by atoms with van der Waals surface area (Å²) >= 11 is 0. The number of nitrogens with zero attached hydrogens (tertiary/aromatic N) is 4. The minimum atomic E-state index is 0. The van der Waals surface area contributed by atoms with Gasteiger partial charge in [0.2, 0.25) is 0 Å². The Morgan fingerprint density at radius 2 is 1.61 bits per heavy atom. The molecule has 6 heteroatoms. The predicted octanol–water partition coefficient (Wildman–Crippen LogP) is 9.88. The summed E-state index contributed by atoms with van der Waals surface area (Å²) < 4.78 is 10.7. The van der Waals surface area contributed by atoms with Crippen molar-refractivity contribution in [2.24, 2.45) is 5.92 Å². The predicted molar refractivity (Wildman–Crippen MR) is 183 cm³/mol. The minimum Gasteiger partial charge on any atom is -0.509 e. The van der Waals surface area contributed by atoms with E-state index in [0.717, 1.165) is 63.8 Å². The van der Waals surface area contributed by atoms with Gasteiger partial charge in [0.15, 0.2) is 0 Å². The molecule has 3 heterocycles. The van der Waals surface area contributed by atoms with E-state index in [1.165, 1.54) is 16.8 Å². The summed E-state index contributed by atoms with van der Waals surface area (Å²) in [4.78, 5) is 4.70. The summed E-state index contributed by atoms with van der Waals surface area (Å²) in [6.07, 6.45) is 4.70. The molecule has 4 aromatic carbocycles. The van der Waals surface area contributed by atoms with Crippen molar-refractivity contribution >= 4 is 21.8 Å². The molecule has 0 N–H and O–H groups in total. The molecular weight excluding hydrogens is 659 g/mol. The Kier molecular flexibility index (Phi) is 9.22. The number of rotatable bonds is 9. The fourth-order valence-electron chi connectivity index (χ4n) is 6.18. The standard InChI is InChI=1S/C40H36N4O.Pd/c1-5-12-35-40(29-13-7-6-8-14-29)38(23-27(2)3)44(42-35)30-15-11-16-31(25-30)45-32-19-20-34-33-17-9-10-18-36(33)43(37(34)26-32)39-24-28(4)21-22-41-39;/h6-11,13-22,24,27H,5,12,23H2,1-4H3;/q-2;+2. The molecule has 0 atom stereocenters. The van der Waals surface area contributed by atoms with Gasteiger partial charge in [-0.3, -0.25) is 4.68 Å². The van der Waals surface area contributed by atoms with E-state index in [1.807, 2.05) is 30.5 Å². The fraction of sp³-hybridized carbons (Fsp3) is 0.200. The van der Waals surface area contributed by atoms with E-state index in [2.05, 4.69) is 122 Å². The summed E-state index contributed by atoms with van der Waals surface area (Å²) in [6, 6.07) is 40.3. The molecule has 7 aromatic rings. The number of para-hydroxylation sites is 1. The van der Waals surface area contributed by atoms with E-state index < -0.39 is 0 Å². The Balaban J connectivity index is 0.00000372. The van der Waals surface area contributed by atoms with E-state index in [1.54, 1.807) is 0 Å². The summed E-state index contributed by atoms with van der Waals surface area (Å²) in [5.74, 6) is 2.56. The first-order chi connectivity index (χ1) is 22.0. The number of ether oxygens (including phenoxy) is 1. The molecule has 0 unspecified atom stereocenters. The van der Waals surface area contributed by atoms with Gasteiger partial charge in [-0.25, -0.2) is 4.98 Å². The molecule has 46 heavy (non-hydrogen) atoms. The molecule has 0 bridgehead atoms. The van der Waals surface area contributed by atoms with E-state index in [4.69, 9.17) is 14.8 Å². The van der Waals surface area contributed by atoms with Crippen molar-refractivity contribution in [1.82, 2.24) is 19.3 Å². The molecule has 0 saturated carbocycles. The van der Waals surface area contributed by atoms with E-state index in [0.29, 0.717) is 17.4 Å². The van der Waals surface area contributed by atoms with Gasteiger partial charge >= 0.3 is 20.4 Å². The Labute approximate surface area is 284 Å².